The van der Waals surface area contributed by atoms with Gasteiger partial charge in [0.1, 0.15) is 5.56 Å². The second kappa shape index (κ2) is 6.75. The van der Waals surface area contributed by atoms with E-state index in [0.717, 1.165) is 6.07 Å². The Hall–Kier alpha value is -2.55. The van der Waals surface area contributed by atoms with Gasteiger partial charge in [0, 0.05) is 6.07 Å². The lowest BCUT2D eigenvalue weighted by Crippen LogP contribution is -2.17. The number of esters is 1. The number of aromatic carboxylic acids is 1. The van der Waals surface area contributed by atoms with Gasteiger partial charge < -0.3 is 20.3 Å². The van der Waals surface area contributed by atoms with Gasteiger partial charge in [0.05, 0.1) is 22.2 Å². The minimum Gasteiger partial charge on any atom is -0.477 e. The standard InChI is InChI=1S/C11H11ClN2O7/c1-2-20-7(15)4-21-10-6(14(18)19)3-5(12)9(13)8(10)11(16)17/h3H,2,4,13H2,1H3,(H,16,17). The molecule has 0 atom stereocenters. The highest BCUT2D eigenvalue weighted by Crippen LogP contribution is 2.39. The summed E-state index contributed by atoms with van der Waals surface area (Å²) < 4.78 is 9.49. The number of nitrogens with two attached hydrogens (primary N) is 1. The van der Waals surface area contributed by atoms with E-state index in [1.54, 1.807) is 6.92 Å². The molecule has 0 aliphatic carbocycles. The van der Waals surface area contributed by atoms with Gasteiger partial charge in [0.15, 0.2) is 6.61 Å². The van der Waals surface area contributed by atoms with Crippen LogP contribution >= 0.6 is 11.6 Å². The van der Waals surface area contributed by atoms with E-state index in [4.69, 9.17) is 27.2 Å². The Morgan fingerprint density at radius 2 is 2.14 bits per heavy atom. The second-order valence-electron chi connectivity index (χ2n) is 3.65. The van der Waals surface area contributed by atoms with Crippen molar-refractivity contribution < 1.29 is 29.1 Å². The quantitative estimate of drug-likeness (QED) is 0.347. The molecule has 0 fully saturated rings. The monoisotopic (exact) mass is 318 g/mol. The van der Waals surface area contributed by atoms with E-state index < -0.39 is 46.2 Å². The van der Waals surface area contributed by atoms with Gasteiger partial charge in [0.25, 0.3) is 0 Å². The lowest BCUT2D eigenvalue weighted by atomic mass is 10.1. The van der Waals surface area contributed by atoms with Crippen LogP contribution in [0.15, 0.2) is 6.07 Å². The predicted octanol–water partition coefficient (Wildman–Crippen LogP) is 1.47. The Kier molecular flexibility index (Phi) is 5.30. The maximum absolute atomic E-state index is 11.2. The molecule has 1 aromatic carbocycles. The number of nitrogen functional groups attached to an aromatic ring is 1. The topological polar surface area (TPSA) is 142 Å². The molecule has 114 valence electrons. The molecule has 3 N–H and O–H groups in total. The Bertz CT molecular complexity index is 603. The summed E-state index contributed by atoms with van der Waals surface area (Å²) in [6.07, 6.45) is 0. The zero-order valence-corrected chi connectivity index (χ0v) is 11.5. The number of halogens is 1. The van der Waals surface area contributed by atoms with Crippen molar-refractivity contribution >= 4 is 34.9 Å². The van der Waals surface area contributed by atoms with Gasteiger partial charge in [-0.2, -0.15) is 0 Å². The molecule has 0 saturated carbocycles. The van der Waals surface area contributed by atoms with Crippen molar-refractivity contribution in [2.45, 2.75) is 6.92 Å². The van der Waals surface area contributed by atoms with Crippen LogP contribution in [-0.2, 0) is 9.53 Å². The number of rotatable bonds is 6. The van der Waals surface area contributed by atoms with Crippen molar-refractivity contribution in [3.05, 3.63) is 26.8 Å². The number of carboxylic acid groups (broad SMARTS) is 1. The number of ether oxygens (including phenoxy) is 2. The maximum atomic E-state index is 11.2. The average molecular weight is 319 g/mol. The van der Waals surface area contributed by atoms with E-state index in [2.05, 4.69) is 4.74 Å². The summed E-state index contributed by atoms with van der Waals surface area (Å²) in [5.74, 6) is -3.03. The molecule has 0 unspecified atom stereocenters. The van der Waals surface area contributed by atoms with Crippen molar-refractivity contribution in [3.63, 3.8) is 0 Å². The Morgan fingerprint density at radius 3 is 2.62 bits per heavy atom. The number of nitro groups is 1. The zero-order valence-electron chi connectivity index (χ0n) is 10.8. The van der Waals surface area contributed by atoms with Crippen LogP contribution in [0.5, 0.6) is 5.75 Å². The summed E-state index contributed by atoms with van der Waals surface area (Å²) in [5.41, 5.74) is 3.70. The second-order valence-corrected chi connectivity index (χ2v) is 4.06. The van der Waals surface area contributed by atoms with Gasteiger partial charge in [-0.05, 0) is 6.92 Å². The molecule has 21 heavy (non-hydrogen) atoms. The number of nitrogens with zero attached hydrogens (tertiary/aromatic N) is 1. The summed E-state index contributed by atoms with van der Waals surface area (Å²) >= 11 is 5.65. The first-order valence-electron chi connectivity index (χ1n) is 5.57. The van der Waals surface area contributed by atoms with Gasteiger partial charge in [-0.3, -0.25) is 10.1 Å². The highest BCUT2D eigenvalue weighted by Gasteiger charge is 2.29. The largest absolute Gasteiger partial charge is 0.477 e. The third-order valence-electron chi connectivity index (χ3n) is 2.30. The molecular formula is C11H11ClN2O7. The van der Waals surface area contributed by atoms with E-state index in [0.29, 0.717) is 0 Å². The number of carbonyl (C=O) groups excluding carboxylic acids is 1. The van der Waals surface area contributed by atoms with Crippen LogP contribution in [0.4, 0.5) is 11.4 Å². The molecule has 0 aliphatic heterocycles. The summed E-state index contributed by atoms with van der Waals surface area (Å²) in [4.78, 5) is 32.4. The van der Waals surface area contributed by atoms with E-state index in [1.165, 1.54) is 0 Å². The molecule has 0 heterocycles. The van der Waals surface area contributed by atoms with Gasteiger partial charge in [-0.15, -0.1) is 0 Å². The fourth-order valence-electron chi connectivity index (χ4n) is 1.46. The van der Waals surface area contributed by atoms with E-state index in [9.17, 15) is 19.7 Å². The van der Waals surface area contributed by atoms with Crippen molar-refractivity contribution in [1.29, 1.82) is 0 Å². The third-order valence-corrected chi connectivity index (χ3v) is 2.61. The van der Waals surface area contributed by atoms with Crippen molar-refractivity contribution in [2.75, 3.05) is 18.9 Å². The smallest absolute Gasteiger partial charge is 0.344 e. The van der Waals surface area contributed by atoms with E-state index >= 15 is 0 Å². The Morgan fingerprint density at radius 1 is 1.52 bits per heavy atom. The van der Waals surface area contributed by atoms with Gasteiger partial charge in [0.2, 0.25) is 5.75 Å². The molecule has 10 heteroatoms. The lowest BCUT2D eigenvalue weighted by molar-refractivity contribution is -0.385. The zero-order chi connectivity index (χ0) is 16.2. The number of benzene rings is 1. The van der Waals surface area contributed by atoms with Crippen LogP contribution in [0, 0.1) is 10.1 Å². The van der Waals surface area contributed by atoms with Crippen molar-refractivity contribution in [3.8, 4) is 5.75 Å². The first-order valence-corrected chi connectivity index (χ1v) is 5.95. The van der Waals surface area contributed by atoms with Gasteiger partial charge in [-0.1, -0.05) is 11.6 Å². The molecule has 0 aliphatic rings. The fraction of sp³-hybridized carbons (Fsp3) is 0.273. The first kappa shape index (κ1) is 16.5. The van der Waals surface area contributed by atoms with E-state index in [1.807, 2.05) is 0 Å². The minimum atomic E-state index is -1.57. The summed E-state index contributed by atoms with van der Waals surface area (Å²) in [6.45, 7) is 0.943. The summed E-state index contributed by atoms with van der Waals surface area (Å²) in [7, 11) is 0. The number of hydrogen-bond acceptors (Lipinski definition) is 7. The number of hydrogen-bond donors (Lipinski definition) is 2. The number of anilines is 1. The van der Waals surface area contributed by atoms with Gasteiger partial charge >= 0.3 is 17.6 Å². The highest BCUT2D eigenvalue weighted by molar-refractivity contribution is 6.34. The van der Waals surface area contributed by atoms with Crippen molar-refractivity contribution in [1.82, 2.24) is 0 Å². The predicted molar refractivity (Wildman–Crippen MR) is 71.6 cm³/mol. The SMILES string of the molecule is CCOC(=O)COc1c([N+](=O)[O-])cc(Cl)c(N)c1C(=O)O. The highest BCUT2D eigenvalue weighted by atomic mass is 35.5. The van der Waals surface area contributed by atoms with Crippen molar-refractivity contribution in [2.24, 2.45) is 0 Å². The molecule has 0 radical (unpaired) electrons. The van der Waals surface area contributed by atoms with Crippen LogP contribution in [-0.4, -0.2) is 35.2 Å². The average Bonchev–Trinajstić information content (AvgIpc) is 2.39. The molecule has 0 amide bonds. The molecule has 0 bridgehead atoms. The number of carboxylic acids is 1. The third kappa shape index (κ3) is 3.72. The molecule has 1 aromatic rings. The lowest BCUT2D eigenvalue weighted by Gasteiger charge is -2.12. The normalized spacial score (nSPS) is 10.0. The maximum Gasteiger partial charge on any atom is 0.344 e. The Balaban J connectivity index is 3.31. The van der Waals surface area contributed by atoms with E-state index in [-0.39, 0.29) is 11.6 Å². The summed E-state index contributed by atoms with van der Waals surface area (Å²) in [5, 5.41) is 19.7. The molecule has 9 nitrogen and oxygen atoms in total. The first-order chi connectivity index (χ1) is 9.79. The fourth-order valence-corrected chi connectivity index (χ4v) is 1.66. The molecule has 0 spiro atoms. The van der Waals surface area contributed by atoms with Crippen LogP contribution in [0.2, 0.25) is 5.02 Å². The number of carbonyl (C=O) groups is 2. The van der Waals surface area contributed by atoms with Crippen LogP contribution in [0.3, 0.4) is 0 Å². The van der Waals surface area contributed by atoms with Crippen LogP contribution in [0.1, 0.15) is 17.3 Å². The Labute approximate surface area is 123 Å². The van der Waals surface area contributed by atoms with Crippen LogP contribution < -0.4 is 10.5 Å². The minimum absolute atomic E-state index is 0.0822. The number of nitro benzene ring substituents is 1. The molecular weight excluding hydrogens is 308 g/mol. The molecule has 0 aromatic heterocycles. The van der Waals surface area contributed by atoms with Crippen LogP contribution in [0.25, 0.3) is 0 Å². The summed E-state index contributed by atoms with van der Waals surface area (Å²) in [6, 6.07) is 0.851. The van der Waals surface area contributed by atoms with Gasteiger partial charge in [-0.25, -0.2) is 9.59 Å². The molecule has 1 rings (SSSR count). The molecule has 0 saturated heterocycles.